The summed E-state index contributed by atoms with van der Waals surface area (Å²) >= 11 is 4.95. The van der Waals surface area contributed by atoms with Crippen molar-refractivity contribution in [3.8, 4) is 11.5 Å². The Kier molecular flexibility index (Phi) is 5.55. The molecule has 1 heterocycles. The number of H-pyrrole nitrogens is 1. The Balaban J connectivity index is 1.93. The van der Waals surface area contributed by atoms with E-state index in [4.69, 9.17) is 21.7 Å². The van der Waals surface area contributed by atoms with E-state index in [9.17, 15) is 4.79 Å². The Morgan fingerprint density at radius 3 is 2.59 bits per heavy atom. The second kappa shape index (κ2) is 7.61. The summed E-state index contributed by atoms with van der Waals surface area (Å²) in [7, 11) is 3.18. The number of amides is 1. The maximum Gasteiger partial charge on any atom is 0.224 e. The third-order valence-corrected chi connectivity index (χ3v) is 3.41. The van der Waals surface area contributed by atoms with Crippen LogP contribution in [0.2, 0.25) is 0 Å². The Morgan fingerprint density at radius 2 is 1.95 bits per heavy atom. The fourth-order valence-corrected chi connectivity index (χ4v) is 2.13. The number of benzene rings is 1. The van der Waals surface area contributed by atoms with Crippen LogP contribution in [0.15, 0.2) is 36.5 Å². The number of methoxy groups -OCH3 is 2. The molecular formula is C16H18N2O3S. The van der Waals surface area contributed by atoms with Crippen LogP contribution in [-0.2, 0) is 11.2 Å². The van der Waals surface area contributed by atoms with E-state index in [1.807, 2.05) is 18.2 Å². The average molecular weight is 318 g/mol. The highest BCUT2D eigenvalue weighted by molar-refractivity contribution is 7.71. The molecule has 0 atom stereocenters. The van der Waals surface area contributed by atoms with Crippen LogP contribution >= 0.6 is 12.2 Å². The predicted molar refractivity (Wildman–Crippen MR) is 88.1 cm³/mol. The Hall–Kier alpha value is -2.34. The van der Waals surface area contributed by atoms with Crippen LogP contribution in [0.1, 0.15) is 12.0 Å². The Bertz CT molecular complexity index is 692. The zero-order valence-corrected chi connectivity index (χ0v) is 13.3. The monoisotopic (exact) mass is 318 g/mol. The van der Waals surface area contributed by atoms with E-state index < -0.39 is 0 Å². The van der Waals surface area contributed by atoms with Crippen LogP contribution in [0.25, 0.3) is 0 Å². The average Bonchev–Trinajstić information content (AvgIpc) is 2.54. The molecule has 0 aliphatic heterocycles. The molecule has 2 N–H and O–H groups in total. The summed E-state index contributed by atoms with van der Waals surface area (Å²) in [5.41, 5.74) is 1.71. The maximum atomic E-state index is 11.9. The van der Waals surface area contributed by atoms with Gasteiger partial charge in [-0.1, -0.05) is 18.3 Å². The minimum atomic E-state index is -0.0553. The quantitative estimate of drug-likeness (QED) is 0.802. The third-order valence-electron chi connectivity index (χ3n) is 3.16. The minimum absolute atomic E-state index is 0.0553. The van der Waals surface area contributed by atoms with Gasteiger partial charge in [0.05, 0.1) is 19.9 Å². The van der Waals surface area contributed by atoms with E-state index in [-0.39, 0.29) is 5.91 Å². The van der Waals surface area contributed by atoms with Gasteiger partial charge in [0.15, 0.2) is 11.5 Å². The molecule has 5 nitrogen and oxygen atoms in total. The molecule has 2 aromatic rings. The molecule has 0 bridgehead atoms. The van der Waals surface area contributed by atoms with Crippen molar-refractivity contribution in [2.75, 3.05) is 19.5 Å². The summed E-state index contributed by atoms with van der Waals surface area (Å²) in [4.78, 5) is 14.8. The third kappa shape index (κ3) is 4.33. The van der Waals surface area contributed by atoms with E-state index in [0.717, 1.165) is 5.56 Å². The smallest absolute Gasteiger partial charge is 0.224 e. The van der Waals surface area contributed by atoms with Gasteiger partial charge in [0.1, 0.15) is 4.64 Å². The zero-order valence-electron chi connectivity index (χ0n) is 12.5. The van der Waals surface area contributed by atoms with Gasteiger partial charge in [0.25, 0.3) is 0 Å². The largest absolute Gasteiger partial charge is 0.493 e. The number of aromatic amines is 1. The summed E-state index contributed by atoms with van der Waals surface area (Å²) in [6.07, 6.45) is 2.68. The molecule has 1 aromatic carbocycles. The molecule has 0 aliphatic carbocycles. The Labute approximate surface area is 134 Å². The highest BCUT2D eigenvalue weighted by Gasteiger charge is 2.07. The summed E-state index contributed by atoms with van der Waals surface area (Å²) in [5.74, 6) is 1.28. The fourth-order valence-electron chi connectivity index (χ4n) is 2.01. The molecule has 6 heteroatoms. The number of hydrogen-bond acceptors (Lipinski definition) is 4. The number of carbonyl (C=O) groups excluding carboxylic acids is 1. The van der Waals surface area contributed by atoms with Gasteiger partial charge in [-0.2, -0.15) is 0 Å². The number of nitrogens with one attached hydrogen (secondary N) is 2. The lowest BCUT2D eigenvalue weighted by Crippen LogP contribution is -2.12. The van der Waals surface area contributed by atoms with Crippen molar-refractivity contribution >= 4 is 23.8 Å². The summed E-state index contributed by atoms with van der Waals surface area (Å²) in [6.45, 7) is 0. The van der Waals surface area contributed by atoms with Crippen molar-refractivity contribution in [3.05, 3.63) is 46.7 Å². The number of aryl methyl sites for hydroxylation is 1. The minimum Gasteiger partial charge on any atom is -0.493 e. The highest BCUT2D eigenvalue weighted by atomic mass is 32.1. The van der Waals surface area contributed by atoms with Crippen molar-refractivity contribution in [1.29, 1.82) is 0 Å². The first-order chi connectivity index (χ1) is 10.6. The van der Waals surface area contributed by atoms with Crippen molar-refractivity contribution in [3.63, 3.8) is 0 Å². The normalized spacial score (nSPS) is 10.1. The lowest BCUT2D eigenvalue weighted by atomic mass is 10.1. The SMILES string of the molecule is COc1ccc(CCC(=O)Nc2ccc(=S)[nH]c2)cc1OC. The van der Waals surface area contributed by atoms with Crippen LogP contribution < -0.4 is 14.8 Å². The second-order valence-corrected chi connectivity index (χ2v) is 5.12. The lowest BCUT2D eigenvalue weighted by molar-refractivity contribution is -0.116. The number of anilines is 1. The van der Waals surface area contributed by atoms with Gasteiger partial charge in [-0.15, -0.1) is 0 Å². The van der Waals surface area contributed by atoms with E-state index in [1.54, 1.807) is 32.5 Å². The molecule has 22 heavy (non-hydrogen) atoms. The van der Waals surface area contributed by atoms with Crippen molar-refractivity contribution in [1.82, 2.24) is 4.98 Å². The van der Waals surface area contributed by atoms with Crippen LogP contribution in [-0.4, -0.2) is 25.1 Å². The molecule has 0 radical (unpaired) electrons. The number of aromatic nitrogens is 1. The lowest BCUT2D eigenvalue weighted by Gasteiger charge is -2.09. The Morgan fingerprint density at radius 1 is 1.18 bits per heavy atom. The number of rotatable bonds is 6. The molecule has 0 saturated heterocycles. The molecule has 1 aromatic heterocycles. The van der Waals surface area contributed by atoms with Gasteiger partial charge in [-0.3, -0.25) is 4.79 Å². The van der Waals surface area contributed by atoms with Gasteiger partial charge < -0.3 is 19.8 Å². The van der Waals surface area contributed by atoms with Crippen molar-refractivity contribution in [2.24, 2.45) is 0 Å². The predicted octanol–water partition coefficient (Wildman–Crippen LogP) is 3.33. The van der Waals surface area contributed by atoms with E-state index in [1.165, 1.54) is 0 Å². The second-order valence-electron chi connectivity index (χ2n) is 4.68. The number of carbonyl (C=O) groups is 1. The first kappa shape index (κ1) is 16.0. The molecule has 0 fully saturated rings. The van der Waals surface area contributed by atoms with Gasteiger partial charge >= 0.3 is 0 Å². The molecule has 0 aliphatic rings. The molecule has 0 saturated carbocycles. The number of hydrogen-bond donors (Lipinski definition) is 2. The molecular weight excluding hydrogens is 300 g/mol. The molecule has 0 spiro atoms. The van der Waals surface area contributed by atoms with Crippen LogP contribution in [0.5, 0.6) is 11.5 Å². The molecule has 0 unspecified atom stereocenters. The maximum absolute atomic E-state index is 11.9. The van der Waals surface area contributed by atoms with Crippen molar-refractivity contribution < 1.29 is 14.3 Å². The van der Waals surface area contributed by atoms with Gasteiger partial charge in [-0.25, -0.2) is 0 Å². The van der Waals surface area contributed by atoms with Gasteiger partial charge in [0, 0.05) is 12.6 Å². The zero-order chi connectivity index (χ0) is 15.9. The summed E-state index contributed by atoms with van der Waals surface area (Å²) in [6, 6.07) is 9.15. The van der Waals surface area contributed by atoms with Crippen LogP contribution in [0.4, 0.5) is 5.69 Å². The number of ether oxygens (including phenoxy) is 2. The van der Waals surface area contributed by atoms with Gasteiger partial charge in [-0.05, 0) is 36.2 Å². The highest BCUT2D eigenvalue weighted by Crippen LogP contribution is 2.27. The van der Waals surface area contributed by atoms with Crippen LogP contribution in [0.3, 0.4) is 0 Å². The molecule has 2 rings (SSSR count). The first-order valence-corrected chi connectivity index (χ1v) is 7.22. The molecule has 116 valence electrons. The molecule has 1 amide bonds. The fraction of sp³-hybridized carbons (Fsp3) is 0.250. The summed E-state index contributed by atoms with van der Waals surface area (Å²) in [5, 5.41) is 2.82. The topological polar surface area (TPSA) is 63.3 Å². The van der Waals surface area contributed by atoms with E-state index in [2.05, 4.69) is 10.3 Å². The first-order valence-electron chi connectivity index (χ1n) is 6.82. The van der Waals surface area contributed by atoms with Gasteiger partial charge in [0.2, 0.25) is 5.91 Å². The standard InChI is InChI=1S/C16H18N2O3S/c1-20-13-6-3-11(9-14(13)21-2)4-7-15(19)18-12-5-8-16(22)17-10-12/h3,5-6,8-10H,4,7H2,1-2H3,(H,17,22)(H,18,19). The van der Waals surface area contributed by atoms with Crippen molar-refractivity contribution in [2.45, 2.75) is 12.8 Å². The van der Waals surface area contributed by atoms with E-state index in [0.29, 0.717) is 34.7 Å². The van der Waals surface area contributed by atoms with E-state index >= 15 is 0 Å². The van der Waals surface area contributed by atoms with Crippen LogP contribution in [0, 0.1) is 4.64 Å². The number of pyridine rings is 1. The summed E-state index contributed by atoms with van der Waals surface area (Å²) < 4.78 is 11.1.